The molecule has 2 aromatic rings. The number of amides is 2. The van der Waals surface area contributed by atoms with Crippen LogP contribution in [0, 0.1) is 0 Å². The van der Waals surface area contributed by atoms with Gasteiger partial charge in [0.15, 0.2) is 0 Å². The van der Waals surface area contributed by atoms with E-state index in [9.17, 15) is 9.59 Å². The predicted molar refractivity (Wildman–Crippen MR) is 106 cm³/mol. The summed E-state index contributed by atoms with van der Waals surface area (Å²) in [6, 6.07) is 15.2. The van der Waals surface area contributed by atoms with Crippen LogP contribution >= 0.6 is 11.8 Å². The average Bonchev–Trinajstić information content (AvgIpc) is 2.66. The van der Waals surface area contributed by atoms with Gasteiger partial charge in [-0.2, -0.15) is 0 Å². The molecule has 138 valence electrons. The molecule has 0 saturated heterocycles. The highest BCUT2D eigenvalue weighted by atomic mass is 32.2. The SMILES string of the molecule is CCc1ccccc1NC(=O)CN(C)C(=O)CSc1ccc(OC)cc1. The van der Waals surface area contributed by atoms with Crippen LogP contribution in [0.5, 0.6) is 5.75 Å². The number of thioether (sulfide) groups is 1. The zero-order chi connectivity index (χ0) is 18.9. The van der Waals surface area contributed by atoms with Crippen LogP contribution in [-0.2, 0) is 16.0 Å². The molecule has 0 spiro atoms. The number of rotatable bonds is 8. The van der Waals surface area contributed by atoms with E-state index >= 15 is 0 Å². The minimum Gasteiger partial charge on any atom is -0.497 e. The predicted octanol–water partition coefficient (Wildman–Crippen LogP) is 3.45. The van der Waals surface area contributed by atoms with Crippen LogP contribution in [0.4, 0.5) is 5.69 Å². The van der Waals surface area contributed by atoms with Gasteiger partial charge in [-0.1, -0.05) is 25.1 Å². The Hall–Kier alpha value is -2.47. The second-order valence-corrected chi connectivity index (χ2v) is 6.82. The van der Waals surface area contributed by atoms with Gasteiger partial charge in [-0.25, -0.2) is 0 Å². The summed E-state index contributed by atoms with van der Waals surface area (Å²) < 4.78 is 5.11. The number of ether oxygens (including phenoxy) is 1. The van der Waals surface area contributed by atoms with E-state index < -0.39 is 0 Å². The molecule has 5 nitrogen and oxygen atoms in total. The Balaban J connectivity index is 1.82. The summed E-state index contributed by atoms with van der Waals surface area (Å²) in [5.41, 5.74) is 1.87. The van der Waals surface area contributed by atoms with Crippen LogP contribution in [-0.4, -0.2) is 43.2 Å². The number of para-hydroxylation sites is 1. The van der Waals surface area contributed by atoms with Crippen molar-refractivity contribution >= 4 is 29.3 Å². The molecule has 1 N–H and O–H groups in total. The second kappa shape index (κ2) is 9.87. The van der Waals surface area contributed by atoms with E-state index in [1.807, 2.05) is 55.5 Å². The first-order chi connectivity index (χ1) is 12.5. The fourth-order valence-corrected chi connectivity index (χ4v) is 3.21. The van der Waals surface area contributed by atoms with E-state index in [4.69, 9.17) is 4.74 Å². The Bertz CT molecular complexity index is 747. The van der Waals surface area contributed by atoms with Crippen LogP contribution < -0.4 is 10.1 Å². The molecule has 2 aromatic carbocycles. The number of likely N-dealkylation sites (N-methyl/N-ethyl adjacent to an activating group) is 1. The van der Waals surface area contributed by atoms with Gasteiger partial charge in [0.1, 0.15) is 5.75 Å². The molecule has 2 amide bonds. The zero-order valence-electron chi connectivity index (χ0n) is 15.3. The fourth-order valence-electron chi connectivity index (χ4n) is 2.37. The van der Waals surface area contributed by atoms with Gasteiger partial charge in [-0.15, -0.1) is 11.8 Å². The van der Waals surface area contributed by atoms with Crippen LogP contribution in [0.15, 0.2) is 53.4 Å². The van der Waals surface area contributed by atoms with E-state index in [0.29, 0.717) is 0 Å². The standard InChI is InChI=1S/C20H24N2O3S/c1-4-15-7-5-6-8-18(15)21-19(23)13-22(2)20(24)14-26-17-11-9-16(25-3)10-12-17/h5-12H,4,13-14H2,1-3H3,(H,21,23). The Kier molecular flexibility index (Phi) is 7.53. The molecule has 2 rings (SSSR count). The van der Waals surface area contributed by atoms with Gasteiger partial charge >= 0.3 is 0 Å². The van der Waals surface area contributed by atoms with Crippen LogP contribution in [0.3, 0.4) is 0 Å². The maximum absolute atomic E-state index is 12.3. The average molecular weight is 372 g/mol. The number of nitrogens with one attached hydrogen (secondary N) is 1. The summed E-state index contributed by atoms with van der Waals surface area (Å²) in [5, 5.41) is 2.88. The summed E-state index contributed by atoms with van der Waals surface area (Å²) >= 11 is 1.43. The molecule has 0 heterocycles. The number of hydrogen-bond donors (Lipinski definition) is 1. The Morgan fingerprint density at radius 2 is 1.81 bits per heavy atom. The highest BCUT2D eigenvalue weighted by Gasteiger charge is 2.14. The van der Waals surface area contributed by atoms with Crippen molar-refractivity contribution in [3.05, 3.63) is 54.1 Å². The van der Waals surface area contributed by atoms with Crippen molar-refractivity contribution in [2.75, 3.05) is 31.8 Å². The van der Waals surface area contributed by atoms with Crippen molar-refractivity contribution in [1.82, 2.24) is 4.90 Å². The van der Waals surface area contributed by atoms with E-state index in [2.05, 4.69) is 5.32 Å². The van der Waals surface area contributed by atoms with Crippen molar-refractivity contribution in [2.24, 2.45) is 0 Å². The first kappa shape index (κ1) is 19.8. The monoisotopic (exact) mass is 372 g/mol. The van der Waals surface area contributed by atoms with Crippen molar-refractivity contribution in [2.45, 2.75) is 18.2 Å². The van der Waals surface area contributed by atoms with E-state index in [0.717, 1.165) is 28.3 Å². The smallest absolute Gasteiger partial charge is 0.243 e. The molecular weight excluding hydrogens is 348 g/mol. The highest BCUT2D eigenvalue weighted by molar-refractivity contribution is 8.00. The lowest BCUT2D eigenvalue weighted by Gasteiger charge is -2.17. The number of carbonyl (C=O) groups excluding carboxylic acids is 2. The third-order valence-electron chi connectivity index (χ3n) is 3.90. The molecule has 0 aromatic heterocycles. The van der Waals surface area contributed by atoms with Crippen molar-refractivity contribution in [3.8, 4) is 5.75 Å². The van der Waals surface area contributed by atoms with E-state index in [-0.39, 0.29) is 24.1 Å². The molecular formula is C20H24N2O3S. The van der Waals surface area contributed by atoms with E-state index in [1.54, 1.807) is 14.2 Å². The molecule has 0 aliphatic carbocycles. The highest BCUT2D eigenvalue weighted by Crippen LogP contribution is 2.21. The van der Waals surface area contributed by atoms with Crippen molar-refractivity contribution in [3.63, 3.8) is 0 Å². The van der Waals surface area contributed by atoms with Gasteiger partial charge in [0.2, 0.25) is 11.8 Å². The maximum atomic E-state index is 12.3. The molecule has 0 aliphatic heterocycles. The summed E-state index contributed by atoms with van der Waals surface area (Å²) in [7, 11) is 3.26. The van der Waals surface area contributed by atoms with Gasteiger partial charge in [0.25, 0.3) is 0 Å². The third kappa shape index (κ3) is 5.81. The first-order valence-corrected chi connectivity index (χ1v) is 9.40. The largest absolute Gasteiger partial charge is 0.497 e. The van der Waals surface area contributed by atoms with Crippen LogP contribution in [0.1, 0.15) is 12.5 Å². The summed E-state index contributed by atoms with van der Waals surface area (Å²) in [6.07, 6.45) is 0.837. The van der Waals surface area contributed by atoms with Crippen LogP contribution in [0.25, 0.3) is 0 Å². The minimum atomic E-state index is -0.198. The lowest BCUT2D eigenvalue weighted by molar-refractivity contribution is -0.131. The second-order valence-electron chi connectivity index (χ2n) is 5.77. The number of benzene rings is 2. The normalized spacial score (nSPS) is 10.3. The number of hydrogen-bond acceptors (Lipinski definition) is 4. The number of carbonyl (C=O) groups is 2. The quantitative estimate of drug-likeness (QED) is 0.721. The van der Waals surface area contributed by atoms with Crippen molar-refractivity contribution in [1.29, 1.82) is 0 Å². The van der Waals surface area contributed by atoms with Gasteiger partial charge < -0.3 is 15.0 Å². The Morgan fingerprint density at radius 3 is 2.46 bits per heavy atom. The zero-order valence-corrected chi connectivity index (χ0v) is 16.1. The lowest BCUT2D eigenvalue weighted by Crippen LogP contribution is -2.36. The number of methoxy groups -OCH3 is 1. The number of aryl methyl sites for hydroxylation is 1. The Labute approximate surface area is 158 Å². The van der Waals surface area contributed by atoms with Crippen molar-refractivity contribution < 1.29 is 14.3 Å². The first-order valence-electron chi connectivity index (χ1n) is 8.42. The molecule has 0 radical (unpaired) electrons. The number of nitrogens with zero attached hydrogens (tertiary/aromatic N) is 1. The molecule has 0 fully saturated rings. The molecule has 0 atom stereocenters. The lowest BCUT2D eigenvalue weighted by atomic mass is 10.1. The van der Waals surface area contributed by atoms with E-state index in [1.165, 1.54) is 16.7 Å². The van der Waals surface area contributed by atoms with Gasteiger partial charge in [-0.05, 0) is 42.3 Å². The van der Waals surface area contributed by atoms with Gasteiger partial charge in [-0.3, -0.25) is 9.59 Å². The Morgan fingerprint density at radius 1 is 1.12 bits per heavy atom. The molecule has 0 bridgehead atoms. The van der Waals surface area contributed by atoms with Gasteiger partial charge in [0, 0.05) is 17.6 Å². The molecule has 0 unspecified atom stereocenters. The molecule has 26 heavy (non-hydrogen) atoms. The van der Waals surface area contributed by atoms with Crippen LogP contribution in [0.2, 0.25) is 0 Å². The summed E-state index contributed by atoms with van der Waals surface area (Å²) in [6.45, 7) is 2.07. The fraction of sp³-hybridized carbons (Fsp3) is 0.300. The molecule has 0 saturated carbocycles. The summed E-state index contributed by atoms with van der Waals surface area (Å²) in [4.78, 5) is 26.9. The minimum absolute atomic E-state index is 0.0278. The van der Waals surface area contributed by atoms with Gasteiger partial charge in [0.05, 0.1) is 19.4 Å². The molecule has 0 aliphatic rings. The topological polar surface area (TPSA) is 58.6 Å². The summed E-state index contributed by atoms with van der Waals surface area (Å²) in [5.74, 6) is 0.768. The maximum Gasteiger partial charge on any atom is 0.243 e. The molecule has 6 heteroatoms. The third-order valence-corrected chi connectivity index (χ3v) is 4.90. The number of anilines is 1.